The van der Waals surface area contributed by atoms with Crippen molar-refractivity contribution in [3.05, 3.63) is 0 Å². The third kappa shape index (κ3) is 4.25. The number of carbonyl (C=O) groups excluding carboxylic acids is 1. The van der Waals surface area contributed by atoms with Gasteiger partial charge in [0, 0.05) is 0 Å². The summed E-state index contributed by atoms with van der Waals surface area (Å²) in [6.07, 6.45) is -0.178. The second-order valence-corrected chi connectivity index (χ2v) is 4.27. The molecule has 0 aromatic heterocycles. The first-order valence-electron chi connectivity index (χ1n) is 4.67. The molecule has 0 aromatic carbocycles. The monoisotopic (exact) mass is 202 g/mol. The van der Waals surface area contributed by atoms with Crippen LogP contribution in [-0.2, 0) is 14.3 Å². The van der Waals surface area contributed by atoms with E-state index in [0.29, 0.717) is 0 Å². The van der Waals surface area contributed by atoms with E-state index in [9.17, 15) is 9.59 Å². The molecule has 82 valence electrons. The molecular weight excluding hydrogens is 184 g/mol. The molecule has 0 radical (unpaired) electrons. The zero-order valence-electron chi connectivity index (χ0n) is 9.16. The fourth-order valence-electron chi connectivity index (χ4n) is 1.16. The van der Waals surface area contributed by atoms with Crippen LogP contribution in [-0.4, -0.2) is 23.7 Å². The minimum Gasteiger partial charge on any atom is -0.481 e. The van der Waals surface area contributed by atoms with E-state index < -0.39 is 17.9 Å². The topological polar surface area (TPSA) is 63.6 Å². The molecule has 1 N–H and O–H groups in total. The van der Waals surface area contributed by atoms with Crippen molar-refractivity contribution in [2.24, 2.45) is 11.3 Å². The summed E-state index contributed by atoms with van der Waals surface area (Å²) >= 11 is 0. The molecule has 0 aliphatic rings. The Bertz CT molecular complexity index is 215. The highest BCUT2D eigenvalue weighted by molar-refractivity contribution is 5.79. The second-order valence-electron chi connectivity index (χ2n) is 4.27. The Morgan fingerprint density at radius 1 is 1.36 bits per heavy atom. The van der Waals surface area contributed by atoms with E-state index in [-0.39, 0.29) is 18.4 Å². The number of ether oxygens (including phenoxy) is 1. The van der Waals surface area contributed by atoms with E-state index >= 15 is 0 Å². The van der Waals surface area contributed by atoms with Crippen molar-refractivity contribution in [3.63, 3.8) is 0 Å². The molecule has 0 bridgehead atoms. The van der Waals surface area contributed by atoms with Gasteiger partial charge in [-0.15, -0.1) is 0 Å². The number of esters is 1. The lowest BCUT2D eigenvalue weighted by Crippen LogP contribution is -2.32. The molecule has 4 heteroatoms. The van der Waals surface area contributed by atoms with E-state index in [1.807, 2.05) is 20.8 Å². The van der Waals surface area contributed by atoms with E-state index in [1.54, 1.807) is 6.92 Å². The third-order valence-corrected chi connectivity index (χ3v) is 2.00. The van der Waals surface area contributed by atoms with Crippen LogP contribution < -0.4 is 0 Å². The Kier molecular flexibility index (Phi) is 4.60. The number of carboxylic acid groups (broad SMARTS) is 1. The van der Waals surface area contributed by atoms with Crippen LogP contribution in [0.5, 0.6) is 0 Å². The minimum absolute atomic E-state index is 0.178. The first-order valence-corrected chi connectivity index (χ1v) is 4.67. The largest absolute Gasteiger partial charge is 0.481 e. The van der Waals surface area contributed by atoms with E-state index in [0.717, 1.165) is 0 Å². The van der Waals surface area contributed by atoms with Crippen LogP contribution in [0.15, 0.2) is 0 Å². The van der Waals surface area contributed by atoms with Gasteiger partial charge < -0.3 is 9.84 Å². The molecule has 0 spiro atoms. The molecule has 0 aromatic rings. The average molecular weight is 202 g/mol. The van der Waals surface area contributed by atoms with E-state index in [2.05, 4.69) is 0 Å². The second kappa shape index (κ2) is 4.98. The maximum Gasteiger partial charge on any atom is 0.310 e. The molecule has 0 saturated heterocycles. The normalized spacial score (nSPS) is 13.4. The highest BCUT2D eigenvalue weighted by atomic mass is 16.5. The molecule has 1 unspecified atom stereocenters. The van der Waals surface area contributed by atoms with Crippen molar-refractivity contribution >= 4 is 11.9 Å². The van der Waals surface area contributed by atoms with Gasteiger partial charge >= 0.3 is 11.9 Å². The number of aliphatic carboxylic acids is 1. The summed E-state index contributed by atoms with van der Waals surface area (Å²) in [6, 6.07) is 0. The summed E-state index contributed by atoms with van der Waals surface area (Å²) < 4.78 is 4.83. The standard InChI is InChI=1S/C10H18O4/c1-5-14-9(13)7(6-8(11)12)10(2,3)4/h7H,5-6H2,1-4H3,(H,11,12). The van der Waals surface area contributed by atoms with Gasteiger partial charge in [0.2, 0.25) is 0 Å². The fourth-order valence-corrected chi connectivity index (χ4v) is 1.16. The van der Waals surface area contributed by atoms with Crippen LogP contribution in [0.2, 0.25) is 0 Å². The molecule has 0 amide bonds. The number of carbonyl (C=O) groups is 2. The van der Waals surface area contributed by atoms with Gasteiger partial charge in [0.1, 0.15) is 0 Å². The maximum absolute atomic E-state index is 11.4. The Morgan fingerprint density at radius 3 is 2.14 bits per heavy atom. The van der Waals surface area contributed by atoms with Gasteiger partial charge in [-0.2, -0.15) is 0 Å². The SMILES string of the molecule is CCOC(=O)C(CC(=O)O)C(C)(C)C. The van der Waals surface area contributed by atoms with Gasteiger partial charge in [-0.05, 0) is 12.3 Å². The average Bonchev–Trinajstić information content (AvgIpc) is 1.98. The lowest BCUT2D eigenvalue weighted by Gasteiger charge is -2.27. The van der Waals surface area contributed by atoms with Crippen molar-refractivity contribution in [1.29, 1.82) is 0 Å². The molecule has 0 saturated carbocycles. The predicted molar refractivity (Wildman–Crippen MR) is 51.8 cm³/mol. The highest BCUT2D eigenvalue weighted by Crippen LogP contribution is 2.29. The summed E-state index contributed by atoms with van der Waals surface area (Å²) in [4.78, 5) is 22.0. The quantitative estimate of drug-likeness (QED) is 0.704. The van der Waals surface area contributed by atoms with Crippen molar-refractivity contribution in [1.82, 2.24) is 0 Å². The number of rotatable bonds is 4. The van der Waals surface area contributed by atoms with Crippen LogP contribution in [0.4, 0.5) is 0 Å². The Labute approximate surface area is 84.3 Å². The molecule has 0 fully saturated rings. The van der Waals surface area contributed by atoms with Crippen molar-refractivity contribution in [3.8, 4) is 0 Å². The van der Waals surface area contributed by atoms with Gasteiger partial charge in [-0.3, -0.25) is 9.59 Å². The molecule has 0 heterocycles. The Morgan fingerprint density at radius 2 is 1.86 bits per heavy atom. The van der Waals surface area contributed by atoms with Crippen LogP contribution in [0.25, 0.3) is 0 Å². The van der Waals surface area contributed by atoms with E-state index in [1.165, 1.54) is 0 Å². The molecule has 0 rings (SSSR count). The molecule has 0 aliphatic heterocycles. The van der Waals surface area contributed by atoms with Crippen LogP contribution >= 0.6 is 0 Å². The van der Waals surface area contributed by atoms with Crippen LogP contribution in [0, 0.1) is 11.3 Å². The third-order valence-electron chi connectivity index (χ3n) is 2.00. The summed E-state index contributed by atoms with van der Waals surface area (Å²) in [7, 11) is 0. The fraction of sp³-hybridized carbons (Fsp3) is 0.800. The van der Waals surface area contributed by atoms with Gasteiger partial charge in [0.25, 0.3) is 0 Å². The summed E-state index contributed by atoms with van der Waals surface area (Å²) in [5.41, 5.74) is -0.384. The first-order chi connectivity index (χ1) is 6.29. The molecular formula is C10H18O4. The highest BCUT2D eigenvalue weighted by Gasteiger charge is 2.34. The smallest absolute Gasteiger partial charge is 0.310 e. The van der Waals surface area contributed by atoms with Gasteiger partial charge in [0.05, 0.1) is 18.9 Å². The van der Waals surface area contributed by atoms with Crippen LogP contribution in [0.1, 0.15) is 34.1 Å². The zero-order valence-corrected chi connectivity index (χ0v) is 9.16. The van der Waals surface area contributed by atoms with Crippen molar-refractivity contribution in [2.75, 3.05) is 6.61 Å². The van der Waals surface area contributed by atoms with Crippen molar-refractivity contribution < 1.29 is 19.4 Å². The number of hydrogen-bond donors (Lipinski definition) is 1. The Hall–Kier alpha value is -1.06. The summed E-state index contributed by atoms with van der Waals surface area (Å²) in [6.45, 7) is 7.48. The summed E-state index contributed by atoms with van der Waals surface area (Å²) in [5, 5.41) is 8.66. The lowest BCUT2D eigenvalue weighted by atomic mass is 9.79. The minimum atomic E-state index is -0.974. The molecule has 1 atom stereocenters. The maximum atomic E-state index is 11.4. The number of carboxylic acids is 1. The molecule has 4 nitrogen and oxygen atoms in total. The predicted octanol–water partition coefficient (Wildman–Crippen LogP) is 1.69. The van der Waals surface area contributed by atoms with Crippen molar-refractivity contribution in [2.45, 2.75) is 34.1 Å². The first kappa shape index (κ1) is 12.9. The van der Waals surface area contributed by atoms with E-state index in [4.69, 9.17) is 9.84 Å². The Balaban J connectivity index is 4.55. The van der Waals surface area contributed by atoms with Gasteiger partial charge in [-0.25, -0.2) is 0 Å². The summed E-state index contributed by atoms with van der Waals surface area (Å²) in [5.74, 6) is -1.99. The molecule has 0 aliphatic carbocycles. The zero-order chi connectivity index (χ0) is 11.4. The van der Waals surface area contributed by atoms with Gasteiger partial charge in [-0.1, -0.05) is 20.8 Å². The molecule has 14 heavy (non-hydrogen) atoms. The van der Waals surface area contributed by atoms with Gasteiger partial charge in [0.15, 0.2) is 0 Å². The number of hydrogen-bond acceptors (Lipinski definition) is 3. The lowest BCUT2D eigenvalue weighted by molar-refractivity contribution is -0.156. The van der Waals surface area contributed by atoms with Crippen LogP contribution in [0.3, 0.4) is 0 Å².